The number of H-pyrrole nitrogens is 1. The fourth-order valence-corrected chi connectivity index (χ4v) is 1.81. The molecule has 0 unspecified atom stereocenters. The van der Waals surface area contributed by atoms with Gasteiger partial charge in [-0.25, -0.2) is 9.78 Å². The number of hydrogen-bond donors (Lipinski definition) is 2. The monoisotopic (exact) mass is 297 g/mol. The lowest BCUT2D eigenvalue weighted by molar-refractivity contribution is -0.137. The quantitative estimate of drug-likeness (QED) is 0.391. The van der Waals surface area contributed by atoms with Crippen molar-refractivity contribution in [3.8, 4) is 6.07 Å². The fraction of sp³-hybridized carbons (Fsp3) is 0.188. The highest BCUT2D eigenvalue weighted by Crippen LogP contribution is 2.18. The van der Waals surface area contributed by atoms with Crippen LogP contribution in [0.1, 0.15) is 19.7 Å². The molecule has 2 aromatic rings. The number of fused-ring (bicyclic) bond motifs is 1. The van der Waals surface area contributed by atoms with Crippen LogP contribution in [0.4, 0.5) is 0 Å². The van der Waals surface area contributed by atoms with Gasteiger partial charge in [0.05, 0.1) is 11.0 Å². The molecule has 0 atom stereocenters. The molecule has 0 amide bonds. The van der Waals surface area contributed by atoms with Crippen LogP contribution in [0.5, 0.6) is 0 Å². The lowest BCUT2D eigenvalue weighted by atomic mass is 10.2. The molecule has 1 heterocycles. The Morgan fingerprint density at radius 1 is 1.45 bits per heavy atom. The second-order valence-electron chi connectivity index (χ2n) is 4.87. The van der Waals surface area contributed by atoms with Gasteiger partial charge in [-0.2, -0.15) is 5.26 Å². The molecule has 0 aliphatic heterocycles. The molecule has 0 fully saturated rings. The van der Waals surface area contributed by atoms with Crippen molar-refractivity contribution in [2.24, 2.45) is 0 Å². The number of nitrogens with zero attached hydrogens (tertiary/aromatic N) is 2. The summed E-state index contributed by atoms with van der Waals surface area (Å²) in [5.74, 6) is -0.690. The number of aromatic amines is 1. The van der Waals surface area contributed by atoms with Crippen molar-refractivity contribution >= 4 is 22.6 Å². The lowest BCUT2D eigenvalue weighted by Crippen LogP contribution is -2.07. The summed E-state index contributed by atoms with van der Waals surface area (Å²) < 4.78 is 4.88. The smallest absolute Gasteiger partial charge is 0.331 e. The van der Waals surface area contributed by atoms with Gasteiger partial charge in [0.2, 0.25) is 0 Å². The van der Waals surface area contributed by atoms with Crippen molar-refractivity contribution in [2.45, 2.75) is 13.8 Å². The maximum absolute atomic E-state index is 11.4. The van der Waals surface area contributed by atoms with Crippen LogP contribution in [0.3, 0.4) is 0 Å². The molecule has 0 aliphatic rings. The van der Waals surface area contributed by atoms with Crippen LogP contribution < -0.4 is 0 Å². The van der Waals surface area contributed by atoms with Gasteiger partial charge in [0.15, 0.2) is 11.6 Å². The summed E-state index contributed by atoms with van der Waals surface area (Å²) in [4.78, 5) is 18.6. The minimum atomic E-state index is -0.576. The van der Waals surface area contributed by atoms with Gasteiger partial charge in [-0.15, -0.1) is 0 Å². The number of para-hydroxylation sites is 2. The van der Waals surface area contributed by atoms with Crippen LogP contribution >= 0.6 is 0 Å². The third kappa shape index (κ3) is 3.52. The Labute approximate surface area is 127 Å². The first-order chi connectivity index (χ1) is 10.5. The van der Waals surface area contributed by atoms with Gasteiger partial charge in [0, 0.05) is 6.08 Å². The standard InChI is InChI=1S/C16H15N3O3/c1-10(2)7-15(21)22-9-14(20)11(8-17)16-18-12-5-3-4-6-13(12)19-16/h3-7,20H,9H2,1-2H3,(H,18,19)/b14-11-. The van der Waals surface area contributed by atoms with E-state index in [-0.39, 0.29) is 23.8 Å². The van der Waals surface area contributed by atoms with Gasteiger partial charge in [0.1, 0.15) is 18.2 Å². The van der Waals surface area contributed by atoms with Crippen LogP contribution in [0.15, 0.2) is 41.7 Å². The van der Waals surface area contributed by atoms with Gasteiger partial charge >= 0.3 is 5.97 Å². The number of allylic oxidation sites excluding steroid dienone is 2. The first-order valence-corrected chi connectivity index (χ1v) is 6.60. The molecule has 1 aromatic carbocycles. The Bertz CT molecular complexity index is 772. The summed E-state index contributed by atoms with van der Waals surface area (Å²) in [5.41, 5.74) is 2.16. The second kappa shape index (κ2) is 6.59. The van der Waals surface area contributed by atoms with Crippen molar-refractivity contribution in [1.29, 1.82) is 5.26 Å². The largest absolute Gasteiger partial charge is 0.507 e. The molecular weight excluding hydrogens is 282 g/mol. The van der Waals surface area contributed by atoms with E-state index in [1.165, 1.54) is 6.08 Å². The summed E-state index contributed by atoms with van der Waals surface area (Å²) in [5, 5.41) is 19.2. The van der Waals surface area contributed by atoms with E-state index in [1.54, 1.807) is 19.9 Å². The number of carbonyl (C=O) groups is 1. The average molecular weight is 297 g/mol. The van der Waals surface area contributed by atoms with Crippen LogP contribution in [-0.4, -0.2) is 27.7 Å². The Balaban J connectivity index is 2.24. The molecule has 6 nitrogen and oxygen atoms in total. The van der Waals surface area contributed by atoms with Crippen LogP contribution in [0.2, 0.25) is 0 Å². The Morgan fingerprint density at radius 2 is 2.18 bits per heavy atom. The van der Waals surface area contributed by atoms with E-state index in [2.05, 4.69) is 9.97 Å². The highest BCUT2D eigenvalue weighted by Gasteiger charge is 2.14. The minimum Gasteiger partial charge on any atom is -0.507 e. The molecule has 2 rings (SSSR count). The number of benzene rings is 1. The molecule has 0 saturated carbocycles. The number of hydrogen-bond acceptors (Lipinski definition) is 5. The number of nitriles is 1. The number of aliphatic hydroxyl groups excluding tert-OH is 1. The number of esters is 1. The maximum Gasteiger partial charge on any atom is 0.331 e. The molecule has 6 heteroatoms. The number of nitrogens with one attached hydrogen (secondary N) is 1. The normalized spacial score (nSPS) is 11.5. The average Bonchev–Trinajstić information content (AvgIpc) is 2.88. The van der Waals surface area contributed by atoms with Crippen molar-refractivity contribution in [2.75, 3.05) is 6.61 Å². The minimum absolute atomic E-state index is 0.0544. The van der Waals surface area contributed by atoms with Crippen molar-refractivity contribution in [1.82, 2.24) is 9.97 Å². The number of aromatic nitrogens is 2. The summed E-state index contributed by atoms with van der Waals surface area (Å²) in [6.07, 6.45) is 1.31. The van der Waals surface area contributed by atoms with Crippen LogP contribution in [0.25, 0.3) is 16.6 Å². The lowest BCUT2D eigenvalue weighted by Gasteiger charge is -2.03. The van der Waals surface area contributed by atoms with Gasteiger partial charge in [-0.1, -0.05) is 17.7 Å². The van der Waals surface area contributed by atoms with Crippen molar-refractivity contribution in [3.05, 3.63) is 47.5 Å². The second-order valence-corrected chi connectivity index (χ2v) is 4.87. The summed E-state index contributed by atoms with van der Waals surface area (Å²) in [7, 11) is 0. The van der Waals surface area contributed by atoms with Gasteiger partial charge in [-0.05, 0) is 26.0 Å². The Kier molecular flexibility index (Phi) is 4.59. The third-order valence-corrected chi connectivity index (χ3v) is 2.78. The molecule has 0 saturated heterocycles. The first kappa shape index (κ1) is 15.3. The molecule has 0 spiro atoms. The van der Waals surface area contributed by atoms with Crippen LogP contribution in [0, 0.1) is 11.3 Å². The predicted octanol–water partition coefficient (Wildman–Crippen LogP) is 2.86. The van der Waals surface area contributed by atoms with Crippen molar-refractivity contribution in [3.63, 3.8) is 0 Å². The third-order valence-electron chi connectivity index (χ3n) is 2.78. The molecule has 0 bridgehead atoms. The van der Waals surface area contributed by atoms with E-state index in [4.69, 9.17) is 4.74 Å². The zero-order chi connectivity index (χ0) is 16.1. The van der Waals surface area contributed by atoms with E-state index in [0.717, 1.165) is 11.1 Å². The van der Waals surface area contributed by atoms with E-state index in [0.29, 0.717) is 5.52 Å². The number of ether oxygens (including phenoxy) is 1. The zero-order valence-electron chi connectivity index (χ0n) is 12.3. The Hall–Kier alpha value is -3.07. The Morgan fingerprint density at radius 3 is 2.82 bits per heavy atom. The van der Waals surface area contributed by atoms with Gasteiger partial charge < -0.3 is 14.8 Å². The van der Waals surface area contributed by atoms with Gasteiger partial charge in [-0.3, -0.25) is 0 Å². The van der Waals surface area contributed by atoms with Crippen molar-refractivity contribution < 1.29 is 14.6 Å². The van der Waals surface area contributed by atoms with E-state index < -0.39 is 5.97 Å². The van der Waals surface area contributed by atoms with E-state index in [9.17, 15) is 15.2 Å². The topological polar surface area (TPSA) is 99.0 Å². The molecular formula is C16H15N3O3. The first-order valence-electron chi connectivity index (χ1n) is 6.60. The molecule has 1 aromatic heterocycles. The number of rotatable bonds is 4. The molecule has 0 aliphatic carbocycles. The maximum atomic E-state index is 11.4. The highest BCUT2D eigenvalue weighted by molar-refractivity contribution is 5.84. The van der Waals surface area contributed by atoms with Gasteiger partial charge in [0.25, 0.3) is 0 Å². The molecule has 112 valence electrons. The number of aliphatic hydroxyl groups is 1. The predicted molar refractivity (Wildman–Crippen MR) is 81.6 cm³/mol. The molecule has 2 N–H and O–H groups in total. The SMILES string of the molecule is CC(C)=CC(=O)OC/C(O)=C(\C#N)c1nc2ccccc2[nH]1. The highest BCUT2D eigenvalue weighted by atomic mass is 16.5. The van der Waals surface area contributed by atoms with Crippen LogP contribution in [-0.2, 0) is 9.53 Å². The zero-order valence-corrected chi connectivity index (χ0v) is 12.3. The fourth-order valence-electron chi connectivity index (χ4n) is 1.81. The van der Waals surface area contributed by atoms with E-state index >= 15 is 0 Å². The number of carbonyl (C=O) groups excluding carboxylic acids is 1. The molecule has 22 heavy (non-hydrogen) atoms. The molecule has 0 radical (unpaired) electrons. The summed E-state index contributed by atoms with van der Waals surface area (Å²) >= 11 is 0. The number of imidazole rings is 1. The van der Waals surface area contributed by atoms with E-state index in [1.807, 2.05) is 24.3 Å². The summed E-state index contributed by atoms with van der Waals surface area (Å²) in [6, 6.07) is 9.13. The summed E-state index contributed by atoms with van der Waals surface area (Å²) in [6.45, 7) is 3.13.